The first kappa shape index (κ1) is 11.3. The number of rotatable bonds is 2. The summed E-state index contributed by atoms with van der Waals surface area (Å²) in [5, 5.41) is 8.62. The molecule has 0 aliphatic carbocycles. The van der Waals surface area contributed by atoms with Crippen molar-refractivity contribution < 1.29 is 0 Å². The van der Waals surface area contributed by atoms with E-state index in [0.29, 0.717) is 16.9 Å². The fourth-order valence-electron chi connectivity index (χ4n) is 1.00. The van der Waals surface area contributed by atoms with Crippen LogP contribution in [0.1, 0.15) is 5.56 Å². The van der Waals surface area contributed by atoms with Crippen LogP contribution in [0.2, 0.25) is 5.15 Å². The molecule has 0 radical (unpaired) electrons. The van der Waals surface area contributed by atoms with E-state index in [1.165, 1.54) is 11.8 Å². The second-order valence-corrected chi connectivity index (χ2v) is 4.04. The number of nitrogens with zero attached hydrogens (tertiary/aromatic N) is 2. The van der Waals surface area contributed by atoms with Gasteiger partial charge in [0, 0.05) is 19.8 Å². The Balaban J connectivity index is 2.60. The maximum absolute atomic E-state index is 7.58. The predicted molar refractivity (Wildman–Crippen MR) is 62.0 cm³/mol. The van der Waals surface area contributed by atoms with Crippen LogP contribution in [0.3, 0.4) is 0 Å². The van der Waals surface area contributed by atoms with Crippen molar-refractivity contribution in [2.75, 3.05) is 13.3 Å². The number of aromatic nitrogens is 1. The summed E-state index contributed by atoms with van der Waals surface area (Å²) in [6, 6.07) is 3.67. The van der Waals surface area contributed by atoms with Crippen molar-refractivity contribution in [3.63, 3.8) is 0 Å². The number of halogens is 1. The molecule has 5 heteroatoms. The summed E-state index contributed by atoms with van der Waals surface area (Å²) in [5.41, 5.74) is 1.05. The van der Waals surface area contributed by atoms with E-state index in [0.717, 1.165) is 5.56 Å². The van der Waals surface area contributed by atoms with Crippen molar-refractivity contribution in [3.8, 4) is 0 Å². The van der Waals surface area contributed by atoms with E-state index in [4.69, 9.17) is 17.0 Å². The first-order valence-corrected chi connectivity index (χ1v) is 5.68. The Morgan fingerprint density at radius 2 is 2.36 bits per heavy atom. The molecule has 0 unspecified atom stereocenters. The molecule has 0 aliphatic heterocycles. The summed E-state index contributed by atoms with van der Waals surface area (Å²) in [4.78, 5) is 5.84. The molecule has 1 aromatic heterocycles. The van der Waals surface area contributed by atoms with Crippen molar-refractivity contribution in [1.82, 2.24) is 9.88 Å². The fraction of sp³-hybridized carbons (Fsp3) is 0.333. The molecule has 1 aromatic rings. The van der Waals surface area contributed by atoms with Gasteiger partial charge in [-0.05, 0) is 17.9 Å². The third-order valence-corrected chi connectivity index (χ3v) is 2.67. The molecule has 0 saturated heterocycles. The molecule has 0 aromatic carbocycles. The Bertz CT molecular complexity index is 312. The van der Waals surface area contributed by atoms with Gasteiger partial charge in [0.05, 0.1) is 0 Å². The lowest BCUT2D eigenvalue weighted by atomic mass is 10.3. The first-order chi connectivity index (χ1) is 6.63. The average molecular weight is 230 g/mol. The number of nitrogens with one attached hydrogen (secondary N) is 1. The zero-order chi connectivity index (χ0) is 10.6. The minimum atomic E-state index is 0.497. The van der Waals surface area contributed by atoms with Gasteiger partial charge in [-0.1, -0.05) is 29.4 Å². The van der Waals surface area contributed by atoms with Crippen LogP contribution in [0, 0.1) is 5.41 Å². The van der Waals surface area contributed by atoms with E-state index in [-0.39, 0.29) is 0 Å². The predicted octanol–water partition coefficient (Wildman–Crippen LogP) is 2.46. The maximum Gasteiger partial charge on any atom is 0.156 e. The second-order valence-electron chi connectivity index (χ2n) is 2.85. The van der Waals surface area contributed by atoms with Crippen LogP contribution in [-0.2, 0) is 6.54 Å². The monoisotopic (exact) mass is 229 g/mol. The van der Waals surface area contributed by atoms with Gasteiger partial charge in [-0.25, -0.2) is 4.98 Å². The number of hydrogen-bond acceptors (Lipinski definition) is 3. The van der Waals surface area contributed by atoms with Crippen molar-refractivity contribution in [1.29, 1.82) is 5.41 Å². The molecule has 3 nitrogen and oxygen atoms in total. The van der Waals surface area contributed by atoms with Crippen molar-refractivity contribution in [2.45, 2.75) is 6.54 Å². The van der Waals surface area contributed by atoms with Gasteiger partial charge in [0.25, 0.3) is 0 Å². The Labute approximate surface area is 93.0 Å². The van der Waals surface area contributed by atoms with Crippen LogP contribution in [0.4, 0.5) is 0 Å². The second kappa shape index (κ2) is 5.22. The first-order valence-electron chi connectivity index (χ1n) is 4.07. The zero-order valence-corrected chi connectivity index (χ0v) is 9.69. The summed E-state index contributed by atoms with van der Waals surface area (Å²) < 4.78 is 0. The van der Waals surface area contributed by atoms with E-state index in [2.05, 4.69) is 4.98 Å². The van der Waals surface area contributed by atoms with E-state index in [1.807, 2.05) is 24.3 Å². The van der Waals surface area contributed by atoms with Gasteiger partial charge in [0.2, 0.25) is 0 Å². The maximum atomic E-state index is 7.58. The van der Waals surface area contributed by atoms with Gasteiger partial charge in [-0.3, -0.25) is 5.41 Å². The lowest BCUT2D eigenvalue weighted by Crippen LogP contribution is -2.22. The topological polar surface area (TPSA) is 40.0 Å². The van der Waals surface area contributed by atoms with E-state index in [1.54, 1.807) is 12.3 Å². The molecule has 0 spiro atoms. The van der Waals surface area contributed by atoms with Gasteiger partial charge in [0.1, 0.15) is 5.15 Å². The highest BCUT2D eigenvalue weighted by molar-refractivity contribution is 8.13. The van der Waals surface area contributed by atoms with E-state index >= 15 is 0 Å². The van der Waals surface area contributed by atoms with Crippen molar-refractivity contribution in [2.24, 2.45) is 0 Å². The molecule has 0 atom stereocenters. The third-order valence-electron chi connectivity index (χ3n) is 1.75. The lowest BCUT2D eigenvalue weighted by Gasteiger charge is -2.17. The van der Waals surface area contributed by atoms with Gasteiger partial charge in [0.15, 0.2) is 5.17 Å². The average Bonchev–Trinajstić information content (AvgIpc) is 2.20. The van der Waals surface area contributed by atoms with Crippen LogP contribution in [0.5, 0.6) is 0 Å². The Morgan fingerprint density at radius 3 is 2.86 bits per heavy atom. The molecule has 1 N–H and O–H groups in total. The summed E-state index contributed by atoms with van der Waals surface area (Å²) in [7, 11) is 1.88. The lowest BCUT2D eigenvalue weighted by molar-refractivity contribution is 0.507. The van der Waals surface area contributed by atoms with Crippen LogP contribution in [0.15, 0.2) is 18.3 Å². The summed E-state index contributed by atoms with van der Waals surface area (Å²) in [6.07, 6.45) is 3.62. The number of amidine groups is 1. The smallest absolute Gasteiger partial charge is 0.156 e. The SMILES string of the molecule is CSC(=N)N(C)Cc1ccc(Cl)nc1. The summed E-state index contributed by atoms with van der Waals surface area (Å²) in [5.74, 6) is 0. The Kier molecular flexibility index (Phi) is 4.22. The van der Waals surface area contributed by atoms with Crippen molar-refractivity contribution >= 4 is 28.5 Å². The molecule has 14 heavy (non-hydrogen) atoms. The highest BCUT2D eigenvalue weighted by atomic mass is 35.5. The summed E-state index contributed by atoms with van der Waals surface area (Å²) in [6.45, 7) is 0.684. The van der Waals surface area contributed by atoms with Gasteiger partial charge >= 0.3 is 0 Å². The zero-order valence-electron chi connectivity index (χ0n) is 8.12. The highest BCUT2D eigenvalue weighted by Crippen LogP contribution is 2.09. The summed E-state index contributed by atoms with van der Waals surface area (Å²) >= 11 is 7.09. The molecule has 0 fully saturated rings. The normalized spacial score (nSPS) is 9.93. The molecule has 1 heterocycles. The highest BCUT2D eigenvalue weighted by Gasteiger charge is 2.03. The van der Waals surface area contributed by atoms with Gasteiger partial charge in [-0.15, -0.1) is 0 Å². The quantitative estimate of drug-likeness (QED) is 0.481. The largest absolute Gasteiger partial charge is 0.350 e. The fourth-order valence-corrected chi connectivity index (χ4v) is 1.49. The molecule has 0 bridgehead atoms. The molecule has 76 valence electrons. The molecule has 0 amide bonds. The third kappa shape index (κ3) is 3.20. The molecule has 0 saturated carbocycles. The minimum absolute atomic E-state index is 0.497. The molecular weight excluding hydrogens is 218 g/mol. The van der Waals surface area contributed by atoms with E-state index < -0.39 is 0 Å². The Hall–Kier alpha value is -0.740. The number of pyridine rings is 1. The minimum Gasteiger partial charge on any atom is -0.350 e. The van der Waals surface area contributed by atoms with Crippen LogP contribution in [0.25, 0.3) is 0 Å². The number of thioether (sulfide) groups is 1. The number of hydrogen-bond donors (Lipinski definition) is 1. The standard InChI is InChI=1S/C9H12ClN3S/c1-13(9(11)14-2)6-7-3-4-8(10)12-5-7/h3-5,11H,6H2,1-2H3. The van der Waals surface area contributed by atoms with Crippen LogP contribution < -0.4 is 0 Å². The molecule has 1 rings (SSSR count). The van der Waals surface area contributed by atoms with Crippen LogP contribution >= 0.6 is 23.4 Å². The molecule has 0 aliphatic rings. The Morgan fingerprint density at radius 1 is 1.64 bits per heavy atom. The van der Waals surface area contributed by atoms with Crippen molar-refractivity contribution in [3.05, 3.63) is 29.0 Å². The van der Waals surface area contributed by atoms with Crippen LogP contribution in [-0.4, -0.2) is 28.4 Å². The van der Waals surface area contributed by atoms with E-state index in [9.17, 15) is 0 Å². The van der Waals surface area contributed by atoms with Gasteiger partial charge < -0.3 is 4.90 Å². The molecular formula is C9H12ClN3S. The van der Waals surface area contributed by atoms with Gasteiger partial charge in [-0.2, -0.15) is 0 Å².